The number of benzene rings is 1. The SMILES string of the molecule is COc1cc(Br)c(Oc2nc(Cl)c(C(=O)O)s2)cc1Br. The fraction of sp³-hybridized carbons (Fsp3) is 0.0909. The molecule has 1 aromatic carbocycles. The maximum Gasteiger partial charge on any atom is 0.349 e. The van der Waals surface area contributed by atoms with Crippen molar-refractivity contribution in [2.24, 2.45) is 0 Å². The third-order valence-corrected chi connectivity index (χ3v) is 4.71. The van der Waals surface area contributed by atoms with Crippen LogP contribution in [0.5, 0.6) is 16.7 Å². The molecule has 5 nitrogen and oxygen atoms in total. The molecule has 106 valence electrons. The lowest BCUT2D eigenvalue weighted by Crippen LogP contribution is -1.91. The van der Waals surface area contributed by atoms with Crippen LogP contribution in [0.1, 0.15) is 9.67 Å². The van der Waals surface area contributed by atoms with Crippen molar-refractivity contribution in [1.29, 1.82) is 0 Å². The summed E-state index contributed by atoms with van der Waals surface area (Å²) in [7, 11) is 1.55. The number of carbonyl (C=O) groups is 1. The number of ether oxygens (including phenoxy) is 2. The third-order valence-electron chi connectivity index (χ3n) is 2.16. The molecule has 0 aliphatic heterocycles. The number of aromatic carboxylic acids is 1. The normalized spacial score (nSPS) is 10.4. The Bertz CT molecular complexity index is 677. The van der Waals surface area contributed by atoms with E-state index in [4.69, 9.17) is 26.2 Å². The predicted molar refractivity (Wildman–Crippen MR) is 82.6 cm³/mol. The molecule has 0 fully saturated rings. The van der Waals surface area contributed by atoms with Gasteiger partial charge in [0.15, 0.2) is 10.0 Å². The Hall–Kier alpha value is -0.830. The third kappa shape index (κ3) is 3.25. The van der Waals surface area contributed by atoms with E-state index < -0.39 is 5.97 Å². The minimum absolute atomic E-state index is 0.0645. The minimum Gasteiger partial charge on any atom is -0.496 e. The molecule has 1 aromatic heterocycles. The van der Waals surface area contributed by atoms with E-state index in [9.17, 15) is 4.79 Å². The number of methoxy groups -OCH3 is 1. The van der Waals surface area contributed by atoms with Crippen molar-refractivity contribution in [3.05, 3.63) is 31.1 Å². The number of thiazole rings is 1. The van der Waals surface area contributed by atoms with Gasteiger partial charge in [-0.1, -0.05) is 22.9 Å². The number of hydrogen-bond donors (Lipinski definition) is 1. The van der Waals surface area contributed by atoms with E-state index in [1.54, 1.807) is 19.2 Å². The van der Waals surface area contributed by atoms with Gasteiger partial charge in [0.25, 0.3) is 5.19 Å². The summed E-state index contributed by atoms with van der Waals surface area (Å²) in [4.78, 5) is 14.7. The molecule has 0 amide bonds. The lowest BCUT2D eigenvalue weighted by atomic mass is 10.3. The van der Waals surface area contributed by atoms with Gasteiger partial charge in [0.1, 0.15) is 11.5 Å². The van der Waals surface area contributed by atoms with Crippen molar-refractivity contribution < 1.29 is 19.4 Å². The number of carboxylic acids is 1. The topological polar surface area (TPSA) is 68.7 Å². The van der Waals surface area contributed by atoms with Crippen molar-refractivity contribution >= 4 is 60.8 Å². The summed E-state index contributed by atoms with van der Waals surface area (Å²) in [6.07, 6.45) is 0. The minimum atomic E-state index is -1.14. The highest BCUT2D eigenvalue weighted by atomic mass is 79.9. The zero-order valence-corrected chi connectivity index (χ0v) is 14.6. The Morgan fingerprint density at radius 3 is 2.50 bits per heavy atom. The van der Waals surface area contributed by atoms with E-state index >= 15 is 0 Å². The quantitative estimate of drug-likeness (QED) is 0.734. The molecule has 0 saturated carbocycles. The van der Waals surface area contributed by atoms with Gasteiger partial charge in [0.05, 0.1) is 16.1 Å². The molecule has 1 heterocycles. The second-order valence-corrected chi connectivity index (χ2v) is 6.45. The molecule has 0 aliphatic carbocycles. The van der Waals surface area contributed by atoms with Gasteiger partial charge in [-0.3, -0.25) is 0 Å². The number of hydrogen-bond acceptors (Lipinski definition) is 5. The number of rotatable bonds is 4. The largest absolute Gasteiger partial charge is 0.496 e. The van der Waals surface area contributed by atoms with Crippen LogP contribution in [0.15, 0.2) is 21.1 Å². The van der Waals surface area contributed by atoms with Crippen LogP contribution in [0, 0.1) is 0 Å². The summed E-state index contributed by atoms with van der Waals surface area (Å²) in [6.45, 7) is 0. The second kappa shape index (κ2) is 6.30. The molecule has 0 atom stereocenters. The van der Waals surface area contributed by atoms with Crippen molar-refractivity contribution in [2.45, 2.75) is 0 Å². The molecule has 2 aromatic rings. The first kappa shape index (κ1) is 15.6. The van der Waals surface area contributed by atoms with Crippen LogP contribution in [0.3, 0.4) is 0 Å². The molecule has 2 rings (SSSR count). The molecular weight excluding hydrogens is 437 g/mol. The van der Waals surface area contributed by atoms with Gasteiger partial charge in [0.2, 0.25) is 0 Å². The van der Waals surface area contributed by atoms with Crippen molar-refractivity contribution in [1.82, 2.24) is 4.98 Å². The first-order chi connectivity index (χ1) is 9.42. The predicted octanol–water partition coefficient (Wildman–Crippen LogP) is 4.82. The maximum atomic E-state index is 10.9. The molecule has 0 unspecified atom stereocenters. The highest BCUT2D eigenvalue weighted by molar-refractivity contribution is 9.11. The Labute approximate surface area is 139 Å². The molecule has 0 bridgehead atoms. The molecule has 0 aliphatic rings. The zero-order chi connectivity index (χ0) is 14.9. The summed E-state index contributed by atoms with van der Waals surface area (Å²) in [5.74, 6) is -0.0509. The number of carboxylic acid groups (broad SMARTS) is 1. The van der Waals surface area contributed by atoms with Crippen LogP contribution < -0.4 is 9.47 Å². The summed E-state index contributed by atoms with van der Waals surface area (Å²) in [5, 5.41) is 8.96. The van der Waals surface area contributed by atoms with Crippen molar-refractivity contribution in [3.8, 4) is 16.7 Å². The standard InChI is InChI=1S/C11H6Br2ClNO4S/c1-18-6-2-5(13)7(3-4(6)12)19-11-15-9(14)8(20-11)10(16)17/h2-3H,1H3,(H,16,17). The van der Waals surface area contributed by atoms with Gasteiger partial charge < -0.3 is 14.6 Å². The van der Waals surface area contributed by atoms with Crippen molar-refractivity contribution in [2.75, 3.05) is 7.11 Å². The molecule has 0 saturated heterocycles. The Morgan fingerprint density at radius 1 is 1.35 bits per heavy atom. The summed E-state index contributed by atoms with van der Waals surface area (Å²) >= 11 is 13.2. The van der Waals surface area contributed by atoms with Crippen LogP contribution in [-0.4, -0.2) is 23.2 Å². The van der Waals surface area contributed by atoms with Gasteiger partial charge in [-0.2, -0.15) is 4.98 Å². The van der Waals surface area contributed by atoms with Crippen LogP contribution in [0.2, 0.25) is 5.15 Å². The van der Waals surface area contributed by atoms with Gasteiger partial charge in [0, 0.05) is 6.07 Å². The van der Waals surface area contributed by atoms with E-state index in [0.29, 0.717) is 20.4 Å². The van der Waals surface area contributed by atoms with Gasteiger partial charge >= 0.3 is 5.97 Å². The Morgan fingerprint density at radius 2 is 1.95 bits per heavy atom. The second-order valence-electron chi connectivity index (χ2n) is 3.42. The molecule has 0 spiro atoms. The van der Waals surface area contributed by atoms with Crippen molar-refractivity contribution in [3.63, 3.8) is 0 Å². The summed E-state index contributed by atoms with van der Waals surface area (Å²) in [5.41, 5.74) is 0. The van der Waals surface area contributed by atoms with E-state index in [1.807, 2.05) is 0 Å². The van der Waals surface area contributed by atoms with E-state index in [-0.39, 0.29) is 15.2 Å². The summed E-state index contributed by atoms with van der Waals surface area (Å²) < 4.78 is 12.0. The smallest absolute Gasteiger partial charge is 0.349 e. The average molecular weight is 444 g/mol. The maximum absolute atomic E-state index is 10.9. The monoisotopic (exact) mass is 441 g/mol. The zero-order valence-electron chi connectivity index (χ0n) is 9.82. The molecular formula is C11H6Br2ClNO4S. The molecule has 0 radical (unpaired) electrons. The van der Waals surface area contributed by atoms with Crippen LogP contribution >= 0.6 is 54.8 Å². The average Bonchev–Trinajstić information content (AvgIpc) is 2.74. The van der Waals surface area contributed by atoms with Gasteiger partial charge in [-0.15, -0.1) is 0 Å². The van der Waals surface area contributed by atoms with Crippen LogP contribution in [0.4, 0.5) is 0 Å². The molecule has 20 heavy (non-hydrogen) atoms. The van der Waals surface area contributed by atoms with Gasteiger partial charge in [-0.05, 0) is 37.9 Å². The Balaban J connectivity index is 2.33. The number of nitrogens with zero attached hydrogens (tertiary/aromatic N) is 1. The first-order valence-corrected chi connectivity index (χ1v) is 7.81. The number of halogens is 3. The summed E-state index contributed by atoms with van der Waals surface area (Å²) in [6, 6.07) is 3.39. The van der Waals surface area contributed by atoms with Gasteiger partial charge in [-0.25, -0.2) is 4.79 Å². The number of aromatic nitrogens is 1. The fourth-order valence-corrected chi connectivity index (χ4v) is 3.17. The van der Waals surface area contributed by atoms with E-state index in [0.717, 1.165) is 11.3 Å². The van der Waals surface area contributed by atoms with Crippen LogP contribution in [-0.2, 0) is 0 Å². The lowest BCUT2D eigenvalue weighted by molar-refractivity contribution is 0.0702. The fourth-order valence-electron chi connectivity index (χ4n) is 1.30. The van der Waals surface area contributed by atoms with E-state index in [1.165, 1.54) is 0 Å². The highest BCUT2D eigenvalue weighted by Gasteiger charge is 2.18. The molecule has 9 heteroatoms. The highest BCUT2D eigenvalue weighted by Crippen LogP contribution is 2.40. The lowest BCUT2D eigenvalue weighted by Gasteiger charge is -2.08. The van der Waals surface area contributed by atoms with Crippen LogP contribution in [0.25, 0.3) is 0 Å². The molecule has 1 N–H and O–H groups in total. The first-order valence-electron chi connectivity index (χ1n) is 5.03. The Kier molecular flexibility index (Phi) is 4.90. The van der Waals surface area contributed by atoms with E-state index in [2.05, 4.69) is 36.8 Å².